The lowest BCUT2D eigenvalue weighted by atomic mass is 9.72. The summed E-state index contributed by atoms with van der Waals surface area (Å²) >= 11 is 0. The molecule has 468 valence electrons. The Labute approximate surface area is 497 Å². The Morgan fingerprint density at radius 3 is 1.42 bits per heavy atom. The summed E-state index contributed by atoms with van der Waals surface area (Å²) in [6.45, 7) is 0.273. The van der Waals surface area contributed by atoms with Gasteiger partial charge in [0.1, 0.15) is 40.6 Å². The fourth-order valence-corrected chi connectivity index (χ4v) is 13.3. The summed E-state index contributed by atoms with van der Waals surface area (Å²) in [4.78, 5) is 50.2. The van der Waals surface area contributed by atoms with E-state index in [1.807, 2.05) is 12.2 Å². The molecule has 0 saturated heterocycles. The Kier molecular flexibility index (Phi) is 16.5. The summed E-state index contributed by atoms with van der Waals surface area (Å²) in [6, 6.07) is 16.8. The normalized spacial score (nSPS) is 21.4. The van der Waals surface area contributed by atoms with Gasteiger partial charge in [0.15, 0.2) is 0 Å². The number of nitrogens with one attached hydrogen (secondary N) is 2. The molecule has 2 fully saturated rings. The maximum absolute atomic E-state index is 15.4. The summed E-state index contributed by atoms with van der Waals surface area (Å²) in [5.41, 5.74) is -17.2. The molecular weight excluding hydrogens is 1200 g/mol. The number of allylic oxidation sites excluding steroid dienone is 3. The van der Waals surface area contributed by atoms with Crippen molar-refractivity contribution in [3.05, 3.63) is 190 Å². The van der Waals surface area contributed by atoms with Crippen molar-refractivity contribution >= 4 is 35.6 Å². The zero-order valence-electron chi connectivity index (χ0n) is 46.0. The summed E-state index contributed by atoms with van der Waals surface area (Å²) in [6.07, 6.45) is -17.6. The third-order valence-corrected chi connectivity index (χ3v) is 17.6. The second kappa shape index (κ2) is 23.4. The Balaban J connectivity index is 0.819. The first-order valence-corrected chi connectivity index (χ1v) is 27.6. The van der Waals surface area contributed by atoms with E-state index in [-0.39, 0.29) is 84.5 Å². The average Bonchev–Trinajstić information content (AvgIpc) is 1.22. The molecule has 8 unspecified atom stereocenters. The monoisotopic (exact) mass is 1250 g/mol. The molecule has 89 heavy (non-hydrogen) atoms. The largest absolute Gasteiger partial charge is 0.508 e. The number of aromatic hydroxyl groups is 4. The van der Waals surface area contributed by atoms with Crippen LogP contribution in [0.3, 0.4) is 0 Å². The molecule has 0 aliphatic heterocycles. The number of carboxylic acid groups (broad SMARTS) is 1. The molecule has 25 heteroatoms. The first-order valence-electron chi connectivity index (χ1n) is 27.6. The van der Waals surface area contributed by atoms with Crippen molar-refractivity contribution in [3.8, 4) is 34.5 Å². The van der Waals surface area contributed by atoms with Crippen molar-refractivity contribution in [1.82, 2.24) is 0 Å². The van der Waals surface area contributed by atoms with Crippen LogP contribution >= 0.6 is 0 Å². The first kappa shape index (κ1) is 62.9. The standard InChI is InChI=1S/C64H52F12N2O11/c65-61(66,67)59(62(68,69)70,43-15-24-52(83)48(30-43)78-57(85)53-37-6-7-38(26-37)54(53)58(86)87)40-12-21-49(80)35(27-40)4-1-32-2-16-44(17-3-32)89-45-18-9-33(10-19-45)56(84)77-47-29-42(14-23-51(47)82)60(63(71,72)73,64(74,75)76)41-13-22-50(81)36(28-41)11-20-46-34-5-8-39(25-34)55(46)88-31-79/h2-3,5-10,12-19,21-24,27-31,34,37-39,46,53-55,80-83H,1,4,11,20,25-26H2,(H,77,84)(H,78,85)(H,86,87). The van der Waals surface area contributed by atoms with Gasteiger partial charge < -0.3 is 45.6 Å². The predicted molar refractivity (Wildman–Crippen MR) is 294 cm³/mol. The van der Waals surface area contributed by atoms with E-state index in [0.29, 0.717) is 78.7 Å². The highest BCUT2D eigenvalue weighted by Gasteiger charge is 2.74. The molecule has 0 spiro atoms. The van der Waals surface area contributed by atoms with Crippen molar-refractivity contribution in [2.45, 2.75) is 80.2 Å². The molecule has 2 saturated carbocycles. The van der Waals surface area contributed by atoms with Crippen molar-refractivity contribution in [2.24, 2.45) is 41.4 Å². The molecule has 8 atom stereocenters. The van der Waals surface area contributed by atoms with Gasteiger partial charge in [-0.25, -0.2) is 0 Å². The number of carboxylic acids is 1. The van der Waals surface area contributed by atoms with Gasteiger partial charge in [-0.15, -0.1) is 0 Å². The topological polar surface area (TPSA) is 212 Å². The lowest BCUT2D eigenvalue weighted by molar-refractivity contribution is -0.290. The molecule has 0 heterocycles. The van der Waals surface area contributed by atoms with Crippen LogP contribution in [0, 0.1) is 41.4 Å². The molecule has 10 rings (SSSR count). The number of alkyl halides is 12. The molecule has 0 aromatic heterocycles. The second-order valence-corrected chi connectivity index (χ2v) is 22.5. The number of benzene rings is 6. The zero-order valence-corrected chi connectivity index (χ0v) is 46.0. The quantitative estimate of drug-likeness (QED) is 0.0175. The Hall–Kier alpha value is -9.16. The number of anilines is 2. The fraction of sp³-hybridized carbons (Fsp3) is 0.312. The van der Waals surface area contributed by atoms with E-state index in [1.54, 1.807) is 12.2 Å². The predicted octanol–water partition coefficient (Wildman–Crippen LogP) is 13.9. The molecule has 13 nitrogen and oxygen atoms in total. The third-order valence-electron chi connectivity index (χ3n) is 17.6. The van der Waals surface area contributed by atoms with E-state index in [1.165, 1.54) is 48.5 Å². The van der Waals surface area contributed by atoms with Crippen LogP contribution in [0.5, 0.6) is 34.5 Å². The molecular formula is C64H52F12N2O11. The number of phenols is 4. The second-order valence-electron chi connectivity index (χ2n) is 22.5. The van der Waals surface area contributed by atoms with Gasteiger partial charge in [-0.3, -0.25) is 19.2 Å². The van der Waals surface area contributed by atoms with E-state index in [2.05, 4.69) is 10.6 Å². The fourth-order valence-electron chi connectivity index (χ4n) is 13.3. The number of hydrogen-bond acceptors (Lipinski definition) is 10. The Morgan fingerprint density at radius 2 is 0.921 bits per heavy atom. The van der Waals surface area contributed by atoms with Crippen LogP contribution in [-0.2, 0) is 49.2 Å². The Morgan fingerprint density at radius 1 is 0.494 bits per heavy atom. The van der Waals surface area contributed by atoms with Gasteiger partial charge in [0.25, 0.3) is 12.4 Å². The van der Waals surface area contributed by atoms with E-state index in [4.69, 9.17) is 9.47 Å². The minimum absolute atomic E-state index is 0.0628. The zero-order chi connectivity index (χ0) is 64.3. The summed E-state index contributed by atoms with van der Waals surface area (Å²) in [5, 5.41) is 56.9. The van der Waals surface area contributed by atoms with E-state index in [9.17, 15) is 44.7 Å². The number of hydrogen-bond donors (Lipinski definition) is 7. The molecule has 2 amide bonds. The maximum atomic E-state index is 15.4. The molecule has 7 N–H and O–H groups in total. The molecule has 0 radical (unpaired) electrons. The summed E-state index contributed by atoms with van der Waals surface area (Å²) in [5.74, 6) is -10.3. The number of amides is 2. The number of carbonyl (C=O) groups is 4. The average molecular weight is 1250 g/mol. The van der Waals surface area contributed by atoms with Crippen molar-refractivity contribution in [1.29, 1.82) is 0 Å². The van der Waals surface area contributed by atoms with E-state index >= 15 is 52.7 Å². The number of fused-ring (bicyclic) bond motifs is 4. The molecule has 6 aromatic carbocycles. The lowest BCUT2D eigenvalue weighted by Crippen LogP contribution is -2.54. The van der Waals surface area contributed by atoms with Crippen LogP contribution in [0.15, 0.2) is 146 Å². The number of halogens is 12. The number of rotatable bonds is 19. The molecule has 4 bridgehead atoms. The SMILES string of the molecule is O=COC1C2C=CC(C2)C1CCc1cc(C(c2ccc(O)c(NC(=O)c3ccc(Oc4ccc(CCc5cc(C(c6ccc(O)c(NC(=O)C7C8C=CC(C8)C7C(=O)O)c6)(C(F)(F)F)C(F)(F)F)ccc5O)cc4)cc3)c2)(C(F)(F)F)C(F)(F)F)ccc1O. The van der Waals surface area contributed by atoms with Crippen LogP contribution in [-0.4, -0.2) is 80.6 Å². The number of phenolic OH excluding ortho intramolecular Hbond substituents is 4. The molecule has 4 aliphatic carbocycles. The molecule has 4 aliphatic rings. The van der Waals surface area contributed by atoms with Gasteiger partial charge in [-0.1, -0.05) is 72.8 Å². The number of carbonyl (C=O) groups excluding carboxylic acids is 3. The van der Waals surface area contributed by atoms with Crippen molar-refractivity contribution in [2.75, 3.05) is 10.6 Å². The molecule has 6 aromatic rings. The minimum Gasteiger partial charge on any atom is -0.508 e. The number of aliphatic carboxylic acids is 1. The van der Waals surface area contributed by atoms with Crippen LogP contribution in [0.2, 0.25) is 0 Å². The van der Waals surface area contributed by atoms with Gasteiger partial charge in [0.05, 0.1) is 23.2 Å². The van der Waals surface area contributed by atoms with E-state index in [0.717, 1.165) is 6.07 Å². The van der Waals surface area contributed by atoms with Gasteiger partial charge in [0.2, 0.25) is 16.7 Å². The van der Waals surface area contributed by atoms with Crippen LogP contribution in [0.25, 0.3) is 0 Å². The van der Waals surface area contributed by atoms with E-state index < -0.39 is 140 Å². The highest BCUT2D eigenvalue weighted by molar-refractivity contribution is 6.05. The minimum atomic E-state index is -6.14. The van der Waals surface area contributed by atoms with Crippen molar-refractivity contribution in [3.63, 3.8) is 0 Å². The Bertz CT molecular complexity index is 3740. The van der Waals surface area contributed by atoms with Gasteiger partial charge in [-0.2, -0.15) is 52.7 Å². The highest BCUT2D eigenvalue weighted by Crippen LogP contribution is 2.60. The van der Waals surface area contributed by atoms with Crippen LogP contribution in [0.4, 0.5) is 64.1 Å². The summed E-state index contributed by atoms with van der Waals surface area (Å²) < 4.78 is 196. The van der Waals surface area contributed by atoms with Crippen LogP contribution in [0.1, 0.15) is 68.6 Å². The number of ether oxygens (including phenoxy) is 2. The lowest BCUT2D eigenvalue weighted by Gasteiger charge is -2.39. The summed E-state index contributed by atoms with van der Waals surface area (Å²) in [7, 11) is 0. The number of aryl methyl sites for hydroxylation is 3. The third kappa shape index (κ3) is 11.4. The van der Waals surface area contributed by atoms with Gasteiger partial charge in [-0.05, 0) is 168 Å². The smallest absolute Gasteiger partial charge is 0.411 e. The van der Waals surface area contributed by atoms with Gasteiger partial charge >= 0.3 is 30.7 Å². The van der Waals surface area contributed by atoms with Gasteiger partial charge in [0, 0.05) is 17.4 Å². The highest BCUT2D eigenvalue weighted by atomic mass is 19.4. The van der Waals surface area contributed by atoms with Crippen molar-refractivity contribution < 1.29 is 107 Å². The maximum Gasteiger partial charge on any atom is 0.411 e. The first-order chi connectivity index (χ1) is 41.9. The van der Waals surface area contributed by atoms with Crippen LogP contribution < -0.4 is 15.4 Å².